The predicted molar refractivity (Wildman–Crippen MR) is 95.5 cm³/mol. The smallest absolute Gasteiger partial charge is 0.260 e. The van der Waals surface area contributed by atoms with Gasteiger partial charge in [-0.3, -0.25) is 9.59 Å². The van der Waals surface area contributed by atoms with Crippen molar-refractivity contribution in [3.63, 3.8) is 0 Å². The fourth-order valence-electron chi connectivity index (χ4n) is 3.61. The zero-order chi connectivity index (χ0) is 17.6. The lowest BCUT2D eigenvalue weighted by molar-refractivity contribution is -0.141. The third-order valence-electron chi connectivity index (χ3n) is 5.02. The highest BCUT2D eigenvalue weighted by atomic mass is 16.5. The monoisotopic (exact) mass is 345 g/mol. The average molecular weight is 345 g/mol. The third-order valence-corrected chi connectivity index (χ3v) is 5.02. The minimum absolute atomic E-state index is 0.00168. The lowest BCUT2D eigenvalue weighted by Gasteiger charge is -2.41. The van der Waals surface area contributed by atoms with E-state index in [-0.39, 0.29) is 24.5 Å². The molecule has 1 unspecified atom stereocenters. The zero-order valence-electron chi connectivity index (χ0n) is 14.9. The number of piperazine rings is 1. The number of amides is 2. The number of nitrogens with one attached hydrogen (secondary N) is 1. The van der Waals surface area contributed by atoms with Crippen LogP contribution in [0.4, 0.5) is 0 Å². The molecule has 2 saturated heterocycles. The molecule has 2 fully saturated rings. The molecule has 1 aromatic rings. The first-order chi connectivity index (χ1) is 12.2. The number of carbonyl (C=O) groups is 2. The van der Waals surface area contributed by atoms with Gasteiger partial charge in [-0.15, -0.1) is 0 Å². The number of carbonyl (C=O) groups excluding carboxylic acids is 2. The van der Waals surface area contributed by atoms with E-state index in [0.717, 1.165) is 50.2 Å². The third kappa shape index (κ3) is 4.31. The van der Waals surface area contributed by atoms with Crippen LogP contribution in [0.2, 0.25) is 0 Å². The van der Waals surface area contributed by atoms with Gasteiger partial charge in [0.2, 0.25) is 5.91 Å². The fraction of sp³-hybridized carbons (Fsp3) is 0.579. The lowest BCUT2D eigenvalue weighted by Crippen LogP contribution is -2.57. The van der Waals surface area contributed by atoms with Crippen molar-refractivity contribution in [2.75, 3.05) is 39.3 Å². The van der Waals surface area contributed by atoms with E-state index in [1.807, 2.05) is 34.1 Å². The second kappa shape index (κ2) is 8.34. The summed E-state index contributed by atoms with van der Waals surface area (Å²) in [6, 6.07) is 7.96. The van der Waals surface area contributed by atoms with Gasteiger partial charge in [0, 0.05) is 32.2 Å². The number of hydrogen-bond donors (Lipinski definition) is 1. The van der Waals surface area contributed by atoms with Gasteiger partial charge in [0.1, 0.15) is 5.75 Å². The Balaban J connectivity index is 1.55. The summed E-state index contributed by atoms with van der Waals surface area (Å²) in [4.78, 5) is 28.4. The normalized spacial score (nSPS) is 21.3. The van der Waals surface area contributed by atoms with Gasteiger partial charge < -0.3 is 19.9 Å². The van der Waals surface area contributed by atoms with Crippen LogP contribution in [0.25, 0.3) is 0 Å². The Morgan fingerprint density at radius 3 is 2.96 bits per heavy atom. The van der Waals surface area contributed by atoms with Crippen LogP contribution in [0.1, 0.15) is 25.3 Å². The standard InChI is InChI=1S/C19H27N3O3/c1-2-15-6-3-4-8-17(15)25-14-19(24)21-10-5-7-16(13-21)22-11-9-20-12-18(22)23/h3-4,6,8,16,20H,2,5,7,9-14H2,1H3. The number of aryl methyl sites for hydroxylation is 1. The lowest BCUT2D eigenvalue weighted by atomic mass is 10.0. The largest absolute Gasteiger partial charge is 0.483 e. The highest BCUT2D eigenvalue weighted by Gasteiger charge is 2.31. The summed E-state index contributed by atoms with van der Waals surface area (Å²) < 4.78 is 5.76. The summed E-state index contributed by atoms with van der Waals surface area (Å²) in [7, 11) is 0. The molecule has 2 heterocycles. The minimum Gasteiger partial charge on any atom is -0.483 e. The summed E-state index contributed by atoms with van der Waals surface area (Å²) in [6.07, 6.45) is 2.77. The molecule has 0 aromatic heterocycles. The molecule has 0 saturated carbocycles. The summed E-state index contributed by atoms with van der Waals surface area (Å²) in [5.41, 5.74) is 1.11. The molecule has 0 spiro atoms. The van der Waals surface area contributed by atoms with Crippen LogP contribution in [0.15, 0.2) is 24.3 Å². The number of para-hydroxylation sites is 1. The van der Waals surface area contributed by atoms with E-state index in [2.05, 4.69) is 12.2 Å². The first kappa shape index (κ1) is 17.7. The zero-order valence-corrected chi connectivity index (χ0v) is 14.9. The summed E-state index contributed by atoms with van der Waals surface area (Å²) >= 11 is 0. The molecule has 2 amide bonds. The Morgan fingerprint density at radius 2 is 2.16 bits per heavy atom. The molecule has 6 nitrogen and oxygen atoms in total. The van der Waals surface area contributed by atoms with Gasteiger partial charge in [0.25, 0.3) is 5.91 Å². The minimum atomic E-state index is -0.00168. The first-order valence-electron chi connectivity index (χ1n) is 9.17. The van der Waals surface area contributed by atoms with E-state index < -0.39 is 0 Å². The van der Waals surface area contributed by atoms with Crippen LogP contribution in [0.5, 0.6) is 5.75 Å². The fourth-order valence-corrected chi connectivity index (χ4v) is 3.61. The van der Waals surface area contributed by atoms with Crippen LogP contribution in [0.3, 0.4) is 0 Å². The van der Waals surface area contributed by atoms with Crippen LogP contribution in [-0.2, 0) is 16.0 Å². The number of likely N-dealkylation sites (tertiary alicyclic amines) is 1. The predicted octanol–water partition coefficient (Wildman–Crippen LogP) is 1.05. The highest BCUT2D eigenvalue weighted by molar-refractivity contribution is 5.80. The molecular weight excluding hydrogens is 318 g/mol. The van der Waals surface area contributed by atoms with Crippen molar-refractivity contribution >= 4 is 11.8 Å². The highest BCUT2D eigenvalue weighted by Crippen LogP contribution is 2.20. The Kier molecular flexibility index (Phi) is 5.91. The molecule has 0 radical (unpaired) electrons. The van der Waals surface area contributed by atoms with Crippen LogP contribution in [-0.4, -0.2) is 67.0 Å². The molecule has 2 aliphatic rings. The van der Waals surface area contributed by atoms with Crippen molar-refractivity contribution in [1.29, 1.82) is 0 Å². The van der Waals surface area contributed by atoms with Crippen molar-refractivity contribution in [3.05, 3.63) is 29.8 Å². The van der Waals surface area contributed by atoms with E-state index in [1.54, 1.807) is 0 Å². The molecule has 136 valence electrons. The van der Waals surface area contributed by atoms with Crippen molar-refractivity contribution in [2.24, 2.45) is 0 Å². The second-order valence-corrected chi connectivity index (χ2v) is 6.65. The SMILES string of the molecule is CCc1ccccc1OCC(=O)N1CCCC(N2CCNCC2=O)C1. The molecular formula is C19H27N3O3. The van der Waals surface area contributed by atoms with Crippen molar-refractivity contribution in [3.8, 4) is 5.75 Å². The van der Waals surface area contributed by atoms with Crippen molar-refractivity contribution in [1.82, 2.24) is 15.1 Å². The molecule has 1 atom stereocenters. The van der Waals surface area contributed by atoms with E-state index in [4.69, 9.17) is 4.74 Å². The van der Waals surface area contributed by atoms with Crippen LogP contribution in [0, 0.1) is 0 Å². The van der Waals surface area contributed by atoms with Crippen LogP contribution < -0.4 is 10.1 Å². The van der Waals surface area contributed by atoms with Gasteiger partial charge in [-0.25, -0.2) is 0 Å². The van der Waals surface area contributed by atoms with Gasteiger partial charge in [-0.2, -0.15) is 0 Å². The number of hydrogen-bond acceptors (Lipinski definition) is 4. The molecule has 1 N–H and O–H groups in total. The van der Waals surface area contributed by atoms with Gasteiger partial charge >= 0.3 is 0 Å². The number of benzene rings is 1. The van der Waals surface area contributed by atoms with E-state index in [1.165, 1.54) is 0 Å². The van der Waals surface area contributed by atoms with Crippen molar-refractivity contribution < 1.29 is 14.3 Å². The molecule has 2 aliphatic heterocycles. The molecule has 0 bridgehead atoms. The number of nitrogens with zero attached hydrogens (tertiary/aromatic N) is 2. The van der Waals surface area contributed by atoms with Gasteiger partial charge in [0.15, 0.2) is 6.61 Å². The molecule has 6 heteroatoms. The summed E-state index contributed by atoms with van der Waals surface area (Å²) in [5.74, 6) is 0.918. The van der Waals surface area contributed by atoms with E-state index in [9.17, 15) is 9.59 Å². The number of piperidine rings is 1. The number of rotatable bonds is 5. The molecule has 3 rings (SSSR count). The Morgan fingerprint density at radius 1 is 1.32 bits per heavy atom. The van der Waals surface area contributed by atoms with Crippen LogP contribution >= 0.6 is 0 Å². The van der Waals surface area contributed by atoms with Gasteiger partial charge in [0.05, 0.1) is 6.54 Å². The quantitative estimate of drug-likeness (QED) is 0.867. The maximum absolute atomic E-state index is 12.6. The average Bonchev–Trinajstić information content (AvgIpc) is 2.66. The Bertz CT molecular complexity index is 620. The topological polar surface area (TPSA) is 61.9 Å². The first-order valence-corrected chi connectivity index (χ1v) is 9.17. The van der Waals surface area contributed by atoms with Gasteiger partial charge in [-0.1, -0.05) is 25.1 Å². The maximum Gasteiger partial charge on any atom is 0.260 e. The molecule has 25 heavy (non-hydrogen) atoms. The molecule has 1 aromatic carbocycles. The summed E-state index contributed by atoms with van der Waals surface area (Å²) in [6.45, 7) is 5.45. The van der Waals surface area contributed by atoms with E-state index >= 15 is 0 Å². The van der Waals surface area contributed by atoms with Crippen molar-refractivity contribution in [2.45, 2.75) is 32.2 Å². The number of ether oxygens (including phenoxy) is 1. The molecule has 0 aliphatic carbocycles. The Hall–Kier alpha value is -2.08. The second-order valence-electron chi connectivity index (χ2n) is 6.65. The summed E-state index contributed by atoms with van der Waals surface area (Å²) in [5, 5.41) is 3.10. The van der Waals surface area contributed by atoms with Gasteiger partial charge in [-0.05, 0) is 30.9 Å². The Labute approximate surface area is 149 Å². The maximum atomic E-state index is 12.6. The van der Waals surface area contributed by atoms with E-state index in [0.29, 0.717) is 13.1 Å².